The number of rotatable bonds is 4. The summed E-state index contributed by atoms with van der Waals surface area (Å²) in [7, 11) is 0. The second-order valence-electron chi connectivity index (χ2n) is 5.81. The number of pyridine rings is 1. The third-order valence-corrected chi connectivity index (χ3v) is 4.18. The number of nitrogens with zero attached hydrogens (tertiary/aromatic N) is 1. The molecule has 2 aromatic carbocycles. The lowest BCUT2D eigenvalue weighted by atomic mass is 9.92. The zero-order valence-electron chi connectivity index (χ0n) is 13.2. The fourth-order valence-corrected chi connectivity index (χ4v) is 2.89. The second kappa shape index (κ2) is 6.57. The maximum absolute atomic E-state index is 4.58. The zero-order valence-corrected chi connectivity index (χ0v) is 13.2. The predicted octanol–water partition coefficient (Wildman–Crippen LogP) is 4.88. The van der Waals surface area contributed by atoms with Gasteiger partial charge < -0.3 is 0 Å². The fourth-order valence-electron chi connectivity index (χ4n) is 2.89. The van der Waals surface area contributed by atoms with Gasteiger partial charge in [0.25, 0.3) is 0 Å². The van der Waals surface area contributed by atoms with E-state index in [1.165, 1.54) is 27.8 Å². The number of aryl methyl sites for hydroxylation is 2. The minimum absolute atomic E-state index is 0.948. The van der Waals surface area contributed by atoms with Crippen LogP contribution in [-0.2, 0) is 12.8 Å². The van der Waals surface area contributed by atoms with Crippen LogP contribution < -0.4 is 0 Å². The van der Waals surface area contributed by atoms with Crippen molar-refractivity contribution >= 4 is 0 Å². The molecule has 1 aromatic heterocycles. The van der Waals surface area contributed by atoms with Gasteiger partial charge in [0.15, 0.2) is 0 Å². The van der Waals surface area contributed by atoms with Gasteiger partial charge in [-0.15, -0.1) is 0 Å². The first kappa shape index (κ1) is 14.5. The summed E-state index contributed by atoms with van der Waals surface area (Å²) in [4.78, 5) is 4.58. The molecule has 0 saturated carbocycles. The van der Waals surface area contributed by atoms with Crippen LogP contribution in [0.25, 0.3) is 0 Å². The monoisotopic (exact) mass is 287 g/mol. The number of hydrogen-bond acceptors (Lipinski definition) is 1. The van der Waals surface area contributed by atoms with E-state index >= 15 is 0 Å². The fraction of sp³-hybridized carbons (Fsp3) is 0.190. The molecular weight excluding hydrogens is 266 g/mol. The molecule has 0 aliphatic rings. The molecule has 0 aliphatic heterocycles. The van der Waals surface area contributed by atoms with Crippen LogP contribution >= 0.6 is 0 Å². The quantitative estimate of drug-likeness (QED) is 0.666. The Kier molecular flexibility index (Phi) is 4.34. The molecule has 0 amide bonds. The topological polar surface area (TPSA) is 12.9 Å². The van der Waals surface area contributed by atoms with Crippen LogP contribution in [-0.4, -0.2) is 4.98 Å². The third-order valence-electron chi connectivity index (χ3n) is 4.18. The first-order valence-electron chi connectivity index (χ1n) is 7.76. The molecule has 0 fully saturated rings. The van der Waals surface area contributed by atoms with Crippen molar-refractivity contribution in [2.45, 2.75) is 26.7 Å². The van der Waals surface area contributed by atoms with Crippen LogP contribution in [0.5, 0.6) is 0 Å². The predicted molar refractivity (Wildman–Crippen MR) is 92.2 cm³/mol. The molecule has 0 radical (unpaired) electrons. The van der Waals surface area contributed by atoms with Gasteiger partial charge in [0.05, 0.1) is 0 Å². The summed E-state index contributed by atoms with van der Waals surface area (Å²) in [5.41, 5.74) is 7.90. The van der Waals surface area contributed by atoms with Gasteiger partial charge in [-0.2, -0.15) is 0 Å². The maximum atomic E-state index is 4.58. The summed E-state index contributed by atoms with van der Waals surface area (Å²) in [5, 5.41) is 0. The molecule has 0 spiro atoms. The smallest absolute Gasteiger partial charge is 0.0411 e. The molecule has 1 heterocycles. The number of aromatic nitrogens is 1. The molecule has 0 unspecified atom stereocenters. The van der Waals surface area contributed by atoms with Crippen molar-refractivity contribution in [3.63, 3.8) is 0 Å². The standard InChI is InChI=1S/C21H21N/c1-16-15-22-17(2)21(14-19-11-7-4-8-12-19)20(16)13-18-9-5-3-6-10-18/h3-12,15H,13-14H2,1-2H3. The van der Waals surface area contributed by atoms with Crippen LogP contribution in [0.2, 0.25) is 0 Å². The molecule has 0 atom stereocenters. The van der Waals surface area contributed by atoms with Crippen LogP contribution in [0.15, 0.2) is 66.9 Å². The normalized spacial score (nSPS) is 10.6. The van der Waals surface area contributed by atoms with Crippen molar-refractivity contribution in [1.29, 1.82) is 0 Å². The van der Waals surface area contributed by atoms with Gasteiger partial charge in [-0.3, -0.25) is 4.98 Å². The summed E-state index contributed by atoms with van der Waals surface area (Å²) in [5.74, 6) is 0. The van der Waals surface area contributed by atoms with Gasteiger partial charge in [0.1, 0.15) is 0 Å². The van der Waals surface area contributed by atoms with E-state index in [0.717, 1.165) is 18.5 Å². The van der Waals surface area contributed by atoms with E-state index in [9.17, 15) is 0 Å². The van der Waals surface area contributed by atoms with E-state index in [-0.39, 0.29) is 0 Å². The molecule has 1 heteroatoms. The van der Waals surface area contributed by atoms with E-state index < -0.39 is 0 Å². The highest BCUT2D eigenvalue weighted by Gasteiger charge is 2.11. The summed E-state index contributed by atoms with van der Waals surface area (Å²) >= 11 is 0. The molecule has 0 aliphatic carbocycles. The van der Waals surface area contributed by atoms with E-state index in [1.807, 2.05) is 6.20 Å². The molecule has 110 valence electrons. The average Bonchev–Trinajstić information content (AvgIpc) is 2.56. The van der Waals surface area contributed by atoms with Crippen LogP contribution in [0.1, 0.15) is 33.5 Å². The van der Waals surface area contributed by atoms with E-state index in [1.54, 1.807) is 0 Å². The highest BCUT2D eigenvalue weighted by molar-refractivity contribution is 5.42. The minimum atomic E-state index is 0.948. The van der Waals surface area contributed by atoms with Gasteiger partial charge in [-0.25, -0.2) is 0 Å². The molecule has 22 heavy (non-hydrogen) atoms. The van der Waals surface area contributed by atoms with E-state index in [4.69, 9.17) is 0 Å². The summed E-state index contributed by atoms with van der Waals surface area (Å²) in [6, 6.07) is 21.3. The maximum Gasteiger partial charge on any atom is 0.0411 e. The van der Waals surface area contributed by atoms with Gasteiger partial charge in [-0.05, 0) is 54.5 Å². The highest BCUT2D eigenvalue weighted by Crippen LogP contribution is 2.23. The third kappa shape index (κ3) is 3.25. The average molecular weight is 287 g/mol. The minimum Gasteiger partial charge on any atom is -0.261 e. The van der Waals surface area contributed by atoms with E-state index in [2.05, 4.69) is 79.5 Å². The largest absolute Gasteiger partial charge is 0.261 e. The molecular formula is C21H21N. The van der Waals surface area contributed by atoms with Crippen molar-refractivity contribution in [2.75, 3.05) is 0 Å². The van der Waals surface area contributed by atoms with Crippen molar-refractivity contribution in [1.82, 2.24) is 4.98 Å². The molecule has 1 nitrogen and oxygen atoms in total. The van der Waals surface area contributed by atoms with Gasteiger partial charge in [0, 0.05) is 11.9 Å². The zero-order chi connectivity index (χ0) is 15.4. The Morgan fingerprint density at radius 3 is 1.73 bits per heavy atom. The lowest BCUT2D eigenvalue weighted by Crippen LogP contribution is -2.05. The first-order chi connectivity index (χ1) is 10.7. The Morgan fingerprint density at radius 1 is 0.682 bits per heavy atom. The lowest BCUT2D eigenvalue weighted by molar-refractivity contribution is 0.993. The van der Waals surface area contributed by atoms with Crippen LogP contribution in [0.4, 0.5) is 0 Å². The van der Waals surface area contributed by atoms with Gasteiger partial charge >= 0.3 is 0 Å². The van der Waals surface area contributed by atoms with Crippen molar-refractivity contribution in [3.05, 3.63) is 100 Å². The molecule has 0 bridgehead atoms. The summed E-state index contributed by atoms with van der Waals surface area (Å²) in [6.07, 6.45) is 3.92. The Hall–Kier alpha value is -2.41. The Labute approximate surface area is 132 Å². The number of hydrogen-bond donors (Lipinski definition) is 0. The SMILES string of the molecule is Cc1cnc(C)c(Cc2ccccc2)c1Cc1ccccc1. The second-order valence-corrected chi connectivity index (χ2v) is 5.81. The van der Waals surface area contributed by atoms with Crippen LogP contribution in [0, 0.1) is 13.8 Å². The van der Waals surface area contributed by atoms with Crippen LogP contribution in [0.3, 0.4) is 0 Å². The summed E-state index contributed by atoms with van der Waals surface area (Å²) < 4.78 is 0. The van der Waals surface area contributed by atoms with Crippen molar-refractivity contribution in [2.24, 2.45) is 0 Å². The Balaban J connectivity index is 1.99. The summed E-state index contributed by atoms with van der Waals surface area (Å²) in [6.45, 7) is 4.28. The first-order valence-corrected chi connectivity index (χ1v) is 7.76. The lowest BCUT2D eigenvalue weighted by Gasteiger charge is -2.15. The molecule has 0 N–H and O–H groups in total. The van der Waals surface area contributed by atoms with Crippen molar-refractivity contribution < 1.29 is 0 Å². The van der Waals surface area contributed by atoms with Crippen molar-refractivity contribution in [3.8, 4) is 0 Å². The molecule has 0 saturated heterocycles. The van der Waals surface area contributed by atoms with E-state index in [0.29, 0.717) is 0 Å². The molecule has 3 rings (SSSR count). The number of benzene rings is 2. The Bertz CT molecular complexity index is 679. The highest BCUT2D eigenvalue weighted by atomic mass is 14.7. The molecule has 3 aromatic rings. The Morgan fingerprint density at radius 2 is 1.18 bits per heavy atom. The van der Waals surface area contributed by atoms with Gasteiger partial charge in [0.2, 0.25) is 0 Å². The van der Waals surface area contributed by atoms with Gasteiger partial charge in [-0.1, -0.05) is 60.7 Å².